The summed E-state index contributed by atoms with van der Waals surface area (Å²) in [4.78, 5) is 35.4. The fraction of sp³-hybridized carbons (Fsp3) is 0.652. The Morgan fingerprint density at radius 1 is 1.25 bits per heavy atom. The van der Waals surface area contributed by atoms with Crippen LogP contribution in [-0.4, -0.2) is 41.1 Å². The Labute approximate surface area is 191 Å². The summed E-state index contributed by atoms with van der Waals surface area (Å²) < 4.78 is 23.6. The summed E-state index contributed by atoms with van der Waals surface area (Å²) in [7, 11) is -3.86. The summed E-state index contributed by atoms with van der Waals surface area (Å²) in [6, 6.07) is 6.96. The second-order valence-electron chi connectivity index (χ2n) is 9.35. The van der Waals surface area contributed by atoms with Gasteiger partial charge >= 0.3 is 12.1 Å². The van der Waals surface area contributed by atoms with Gasteiger partial charge in [-0.2, -0.15) is 0 Å². The molecular weight excluding hydrogens is 431 g/mol. The summed E-state index contributed by atoms with van der Waals surface area (Å²) in [5.74, 6) is -2.73. The van der Waals surface area contributed by atoms with Crippen molar-refractivity contribution in [3.63, 3.8) is 0 Å². The van der Waals surface area contributed by atoms with Crippen LogP contribution in [0, 0.1) is 5.92 Å². The SMILES string of the molecule is CCCCOC(=O)NCc1cccc(C(CP(=O)(O)C(N)C(C)C)C(=O)OC(C)(C)C)c1. The Balaban J connectivity index is 3.09. The van der Waals surface area contributed by atoms with Crippen molar-refractivity contribution in [1.29, 1.82) is 0 Å². The van der Waals surface area contributed by atoms with Gasteiger partial charge in [0.1, 0.15) is 5.60 Å². The van der Waals surface area contributed by atoms with Crippen molar-refractivity contribution < 1.29 is 28.5 Å². The number of ether oxygens (including phenoxy) is 2. The fourth-order valence-electron chi connectivity index (χ4n) is 2.99. The zero-order chi connectivity index (χ0) is 24.5. The number of carbonyl (C=O) groups is 2. The van der Waals surface area contributed by atoms with Crippen molar-refractivity contribution in [2.45, 2.75) is 78.2 Å². The lowest BCUT2D eigenvalue weighted by molar-refractivity contribution is -0.156. The van der Waals surface area contributed by atoms with Gasteiger partial charge in [0.05, 0.1) is 18.3 Å². The van der Waals surface area contributed by atoms with E-state index in [4.69, 9.17) is 15.2 Å². The molecule has 0 fully saturated rings. The monoisotopic (exact) mass is 470 g/mol. The van der Waals surface area contributed by atoms with E-state index in [9.17, 15) is 19.0 Å². The first kappa shape index (κ1) is 28.1. The van der Waals surface area contributed by atoms with Crippen molar-refractivity contribution in [2.24, 2.45) is 11.7 Å². The predicted octanol–water partition coefficient (Wildman–Crippen LogP) is 4.35. The molecular formula is C23H39N2O6P. The molecule has 0 heterocycles. The van der Waals surface area contributed by atoms with Crippen LogP contribution in [0.2, 0.25) is 0 Å². The number of nitrogens with two attached hydrogens (primary N) is 1. The quantitative estimate of drug-likeness (QED) is 0.249. The number of nitrogens with one attached hydrogen (secondary N) is 1. The van der Waals surface area contributed by atoms with E-state index in [1.54, 1.807) is 58.9 Å². The second-order valence-corrected chi connectivity index (χ2v) is 11.8. The van der Waals surface area contributed by atoms with Crippen molar-refractivity contribution >= 4 is 19.4 Å². The number of amides is 1. The molecule has 182 valence electrons. The third-order valence-corrected chi connectivity index (χ3v) is 7.22. The number of benzene rings is 1. The van der Waals surface area contributed by atoms with Crippen LogP contribution < -0.4 is 11.1 Å². The summed E-state index contributed by atoms with van der Waals surface area (Å²) in [5, 5.41) is 2.67. The molecule has 0 aliphatic rings. The molecule has 0 saturated carbocycles. The van der Waals surface area contributed by atoms with Crippen molar-refractivity contribution in [3.8, 4) is 0 Å². The average molecular weight is 471 g/mol. The molecule has 0 radical (unpaired) electrons. The van der Waals surface area contributed by atoms with Crippen LogP contribution in [0.1, 0.15) is 71.4 Å². The molecule has 1 amide bonds. The first-order valence-corrected chi connectivity index (χ1v) is 13.0. The highest BCUT2D eigenvalue weighted by Crippen LogP contribution is 2.50. The Kier molecular flexibility index (Phi) is 10.9. The maximum atomic E-state index is 13.0. The Hall–Kier alpha value is -1.89. The summed E-state index contributed by atoms with van der Waals surface area (Å²) in [5.41, 5.74) is 6.49. The Morgan fingerprint density at radius 3 is 2.47 bits per heavy atom. The lowest BCUT2D eigenvalue weighted by Gasteiger charge is -2.28. The maximum absolute atomic E-state index is 13.0. The lowest BCUT2D eigenvalue weighted by Crippen LogP contribution is -2.33. The molecule has 9 heteroatoms. The molecule has 0 saturated heterocycles. The molecule has 1 aromatic carbocycles. The number of hydrogen-bond acceptors (Lipinski definition) is 6. The number of alkyl carbamates (subject to hydrolysis) is 1. The lowest BCUT2D eigenvalue weighted by atomic mass is 9.98. The summed E-state index contributed by atoms with van der Waals surface area (Å²) in [6.07, 6.45) is 0.879. The van der Waals surface area contributed by atoms with Crippen LogP contribution >= 0.6 is 7.37 Å². The molecule has 0 bridgehead atoms. The van der Waals surface area contributed by atoms with Gasteiger partial charge in [0.2, 0.25) is 7.37 Å². The van der Waals surface area contributed by atoms with E-state index in [1.165, 1.54) is 0 Å². The highest BCUT2D eigenvalue weighted by Gasteiger charge is 2.38. The maximum Gasteiger partial charge on any atom is 0.407 e. The number of carbonyl (C=O) groups excluding carboxylic acids is 2. The van der Waals surface area contributed by atoms with Gasteiger partial charge in [0.15, 0.2) is 0 Å². The normalized spacial score (nSPS) is 15.5. The van der Waals surface area contributed by atoms with Gasteiger partial charge in [-0.3, -0.25) is 9.36 Å². The molecule has 3 atom stereocenters. The van der Waals surface area contributed by atoms with Crippen LogP contribution in [0.3, 0.4) is 0 Å². The van der Waals surface area contributed by atoms with Gasteiger partial charge in [-0.25, -0.2) is 4.79 Å². The van der Waals surface area contributed by atoms with Crippen molar-refractivity contribution in [3.05, 3.63) is 35.4 Å². The largest absolute Gasteiger partial charge is 0.459 e. The summed E-state index contributed by atoms with van der Waals surface area (Å²) >= 11 is 0. The molecule has 0 aliphatic heterocycles. The molecule has 0 spiro atoms. The number of rotatable bonds is 11. The van der Waals surface area contributed by atoms with E-state index in [0.717, 1.165) is 18.4 Å². The molecule has 0 aromatic heterocycles. The van der Waals surface area contributed by atoms with Gasteiger partial charge < -0.3 is 25.4 Å². The fourth-order valence-corrected chi connectivity index (χ4v) is 5.05. The van der Waals surface area contributed by atoms with Crippen LogP contribution in [0.25, 0.3) is 0 Å². The van der Waals surface area contributed by atoms with Crippen molar-refractivity contribution in [2.75, 3.05) is 12.8 Å². The minimum absolute atomic E-state index is 0.197. The third kappa shape index (κ3) is 9.72. The number of unbranched alkanes of at least 4 members (excludes halogenated alkanes) is 1. The Morgan fingerprint density at radius 2 is 1.91 bits per heavy atom. The topological polar surface area (TPSA) is 128 Å². The highest BCUT2D eigenvalue weighted by atomic mass is 31.2. The van der Waals surface area contributed by atoms with E-state index < -0.39 is 36.7 Å². The van der Waals surface area contributed by atoms with Gasteiger partial charge in [0, 0.05) is 12.7 Å². The van der Waals surface area contributed by atoms with E-state index in [0.29, 0.717) is 12.2 Å². The Bertz CT molecular complexity index is 806. The van der Waals surface area contributed by atoms with Gasteiger partial charge in [-0.05, 0) is 44.2 Å². The van der Waals surface area contributed by atoms with Crippen LogP contribution in [0.4, 0.5) is 4.79 Å². The van der Waals surface area contributed by atoms with E-state index in [1.807, 2.05) is 6.92 Å². The number of esters is 1. The molecule has 1 rings (SSSR count). The molecule has 4 N–H and O–H groups in total. The highest BCUT2D eigenvalue weighted by molar-refractivity contribution is 7.58. The van der Waals surface area contributed by atoms with Crippen LogP contribution in [0.15, 0.2) is 24.3 Å². The van der Waals surface area contributed by atoms with Gasteiger partial charge in [-0.1, -0.05) is 51.5 Å². The van der Waals surface area contributed by atoms with Crippen LogP contribution in [0.5, 0.6) is 0 Å². The van der Waals surface area contributed by atoms with Gasteiger partial charge in [-0.15, -0.1) is 0 Å². The zero-order valence-corrected chi connectivity index (χ0v) is 21.0. The molecule has 0 aliphatic carbocycles. The minimum atomic E-state index is -3.86. The first-order chi connectivity index (χ1) is 14.8. The third-order valence-electron chi connectivity index (χ3n) is 4.81. The standard InChI is InChI=1S/C23H39N2O6P/c1-7-8-12-30-22(27)25-14-17-10-9-11-18(13-17)19(21(26)31-23(4,5)6)15-32(28,29)20(24)16(2)3/h9-11,13,16,19-20H,7-8,12,14-15,24H2,1-6H3,(H,25,27)(H,28,29). The van der Waals surface area contributed by atoms with E-state index in [2.05, 4.69) is 5.32 Å². The van der Waals surface area contributed by atoms with E-state index in [-0.39, 0.29) is 18.6 Å². The first-order valence-electron chi connectivity index (χ1n) is 11.1. The van der Waals surface area contributed by atoms with Crippen molar-refractivity contribution in [1.82, 2.24) is 5.32 Å². The van der Waals surface area contributed by atoms with E-state index >= 15 is 0 Å². The molecule has 1 aromatic rings. The number of hydrogen-bond donors (Lipinski definition) is 3. The molecule has 3 unspecified atom stereocenters. The second kappa shape index (κ2) is 12.4. The summed E-state index contributed by atoms with van der Waals surface area (Å²) in [6.45, 7) is 11.3. The predicted molar refractivity (Wildman–Crippen MR) is 126 cm³/mol. The minimum Gasteiger partial charge on any atom is -0.459 e. The smallest absolute Gasteiger partial charge is 0.407 e. The van der Waals surface area contributed by atoms with Gasteiger partial charge in [0.25, 0.3) is 0 Å². The molecule has 32 heavy (non-hydrogen) atoms. The average Bonchev–Trinajstić information content (AvgIpc) is 2.69. The zero-order valence-electron chi connectivity index (χ0n) is 20.1. The molecule has 8 nitrogen and oxygen atoms in total. The van der Waals surface area contributed by atoms with Crippen LogP contribution in [-0.2, 0) is 25.4 Å².